The van der Waals surface area contributed by atoms with E-state index in [1.165, 1.54) is 266 Å². The van der Waals surface area contributed by atoms with Crippen molar-refractivity contribution in [2.45, 2.75) is 392 Å². The molecule has 7 heteroatoms. The van der Waals surface area contributed by atoms with Gasteiger partial charge < -0.3 is 4.74 Å². The second-order valence-electron chi connectivity index (χ2n) is 27.2. The summed E-state index contributed by atoms with van der Waals surface area (Å²) < 4.78 is 48.4. The van der Waals surface area contributed by atoms with E-state index in [-0.39, 0.29) is 5.92 Å². The summed E-state index contributed by atoms with van der Waals surface area (Å²) in [6.45, 7) is 18.3. The summed E-state index contributed by atoms with van der Waals surface area (Å²) in [7, 11) is 0. The van der Waals surface area contributed by atoms with Crippen LogP contribution in [-0.4, -0.2) is 0 Å². The van der Waals surface area contributed by atoms with Gasteiger partial charge in [0.15, 0.2) is 0 Å². The quantitative estimate of drug-likeness (QED) is 0.0401. The van der Waals surface area contributed by atoms with Crippen LogP contribution in [0.3, 0.4) is 0 Å². The van der Waals surface area contributed by atoms with Gasteiger partial charge in [0.05, 0.1) is 34.3 Å². The highest BCUT2D eigenvalue weighted by Gasteiger charge is 2.62. The Kier molecular flexibility index (Phi) is 32.5. The molecule has 1 aliphatic carbocycles. The number of fused-ring (bicyclic) bond motifs is 9. The lowest BCUT2D eigenvalue weighted by molar-refractivity contribution is -0.0968. The van der Waals surface area contributed by atoms with Gasteiger partial charge in [0.25, 0.3) is 5.92 Å². The first-order valence-electron chi connectivity index (χ1n) is 36.0. The van der Waals surface area contributed by atoms with Crippen LogP contribution in [-0.2, 0) is 16.9 Å². The predicted molar refractivity (Wildman–Crippen MR) is 367 cm³/mol. The Labute approximate surface area is 520 Å². The standard InChI is InChI=1S/C75H124F2OS4/c1-9-13-17-21-25-29-33-35-37-41-45-49-53-73(54-50-46-42-38-36-34-30-26-22-18-14-10-2)65-69(67-61(75(73,76)77)57-63(79-67)59(5)6)81-72-66-71(82-70(65)72)68-62(58-64(80-68)60(7)8)78-74(66,55-51-47-43-39-31-27-23-19-15-11-3)56-52-48-44-40-32-28-24-20-16-12-4/h57-60H,9-56H2,1-8H3. The predicted octanol–water partition coefficient (Wildman–Crippen LogP) is 29.4. The maximum absolute atomic E-state index is 19.0. The molecule has 0 saturated heterocycles. The third-order valence-electron chi connectivity index (χ3n) is 19.5. The fourth-order valence-electron chi connectivity index (χ4n) is 14.3. The van der Waals surface area contributed by atoms with Crippen LogP contribution < -0.4 is 4.74 Å². The number of rotatable bonds is 50. The Balaban J connectivity index is 1.37. The largest absolute Gasteiger partial charge is 0.481 e. The summed E-state index contributed by atoms with van der Waals surface area (Å²) in [5.41, 5.74) is 1.13. The highest BCUT2D eigenvalue weighted by molar-refractivity contribution is 7.34. The van der Waals surface area contributed by atoms with Crippen LogP contribution in [0.25, 0.3) is 28.9 Å². The molecular weight excluding hydrogens is 1080 g/mol. The molecule has 0 aromatic carbocycles. The SMILES string of the molecule is CCCCCCCCCCCCCCC1(CCCCCCCCCCCCCC)c2c(sc3c4c(sc23)-c2sc(C(C)C)cc2OC4(CCCCCCCCCCCC)CCCCCCCCCCCC)-c2sc(C(C)C)cc2C1(F)F. The molecule has 6 rings (SSSR count). The lowest BCUT2D eigenvalue weighted by Gasteiger charge is -2.44. The van der Waals surface area contributed by atoms with Gasteiger partial charge in [0.2, 0.25) is 0 Å². The van der Waals surface area contributed by atoms with E-state index in [0.29, 0.717) is 24.3 Å². The second-order valence-corrected chi connectivity index (χ2v) is 31.4. The second kappa shape index (κ2) is 38.2. The van der Waals surface area contributed by atoms with E-state index in [1.807, 2.05) is 40.1 Å². The van der Waals surface area contributed by atoms with Gasteiger partial charge in [-0.15, -0.1) is 45.3 Å². The molecule has 0 amide bonds. The van der Waals surface area contributed by atoms with Crippen LogP contribution in [0, 0.1) is 0 Å². The fourth-order valence-corrected chi connectivity index (χ4v) is 20.1. The van der Waals surface area contributed by atoms with E-state index in [9.17, 15) is 0 Å². The molecule has 0 N–H and O–H groups in total. The minimum atomic E-state index is -2.95. The first kappa shape index (κ1) is 69.8. The molecule has 0 radical (unpaired) electrons. The van der Waals surface area contributed by atoms with Crippen LogP contribution in [0.2, 0.25) is 0 Å². The zero-order valence-electron chi connectivity index (χ0n) is 54.5. The molecule has 2 aliphatic rings. The number of hydrogen-bond donors (Lipinski definition) is 0. The normalized spacial score (nSPS) is 15.0. The van der Waals surface area contributed by atoms with Crippen molar-refractivity contribution >= 4 is 54.7 Å². The molecule has 0 bridgehead atoms. The van der Waals surface area contributed by atoms with Crippen molar-refractivity contribution in [3.8, 4) is 25.3 Å². The molecular formula is C75H124F2OS4. The third-order valence-corrected chi connectivity index (χ3v) is 25.2. The van der Waals surface area contributed by atoms with Crippen LogP contribution in [0.15, 0.2) is 12.1 Å². The maximum atomic E-state index is 19.0. The Morgan fingerprint density at radius 1 is 0.341 bits per heavy atom. The van der Waals surface area contributed by atoms with E-state index in [0.717, 1.165) is 85.3 Å². The molecule has 4 aromatic rings. The molecule has 0 unspecified atom stereocenters. The summed E-state index contributed by atoms with van der Waals surface area (Å²) in [5, 5.41) is 0. The highest BCUT2D eigenvalue weighted by atomic mass is 32.1. The summed E-state index contributed by atoms with van der Waals surface area (Å²) in [6, 6.07) is 4.39. The zero-order valence-corrected chi connectivity index (χ0v) is 57.8. The van der Waals surface area contributed by atoms with Gasteiger partial charge in [-0.2, -0.15) is 0 Å². The van der Waals surface area contributed by atoms with Gasteiger partial charge in [-0.25, -0.2) is 8.78 Å². The number of hydrogen-bond acceptors (Lipinski definition) is 5. The van der Waals surface area contributed by atoms with E-state index >= 15 is 8.78 Å². The molecule has 468 valence electrons. The van der Waals surface area contributed by atoms with Gasteiger partial charge >= 0.3 is 0 Å². The van der Waals surface area contributed by atoms with Gasteiger partial charge in [-0.05, 0) is 62.5 Å². The summed E-state index contributed by atoms with van der Waals surface area (Å²) >= 11 is 7.49. The van der Waals surface area contributed by atoms with Crippen molar-refractivity contribution in [1.82, 2.24) is 0 Å². The zero-order chi connectivity index (χ0) is 58.5. The van der Waals surface area contributed by atoms with E-state index < -0.39 is 16.9 Å². The number of ether oxygens (including phenoxy) is 1. The maximum Gasteiger partial charge on any atom is 0.284 e. The van der Waals surface area contributed by atoms with Crippen molar-refractivity contribution in [1.29, 1.82) is 0 Å². The van der Waals surface area contributed by atoms with E-state index in [2.05, 4.69) is 61.5 Å². The van der Waals surface area contributed by atoms with Crippen molar-refractivity contribution in [3.63, 3.8) is 0 Å². The number of unbranched alkanes of at least 4 members (excludes halogenated alkanes) is 40. The van der Waals surface area contributed by atoms with Crippen LogP contribution in [0.4, 0.5) is 8.78 Å². The smallest absolute Gasteiger partial charge is 0.284 e. The first-order valence-corrected chi connectivity index (χ1v) is 39.2. The minimum absolute atomic E-state index is 0.210. The van der Waals surface area contributed by atoms with Crippen molar-refractivity contribution < 1.29 is 13.5 Å². The van der Waals surface area contributed by atoms with Crippen molar-refractivity contribution in [3.05, 3.63) is 38.6 Å². The molecule has 4 aromatic heterocycles. The highest BCUT2D eigenvalue weighted by Crippen LogP contribution is 2.69. The summed E-state index contributed by atoms with van der Waals surface area (Å²) in [5.74, 6) is -1.26. The van der Waals surface area contributed by atoms with Gasteiger partial charge in [0, 0.05) is 26.4 Å². The number of halogens is 2. The van der Waals surface area contributed by atoms with Gasteiger partial charge in [-0.1, -0.05) is 325 Å². The molecule has 0 fully saturated rings. The van der Waals surface area contributed by atoms with Gasteiger partial charge in [-0.3, -0.25) is 0 Å². The molecule has 82 heavy (non-hydrogen) atoms. The summed E-state index contributed by atoms with van der Waals surface area (Å²) in [4.78, 5) is 7.23. The molecule has 0 spiro atoms. The minimum Gasteiger partial charge on any atom is -0.481 e. The fraction of sp³-hybridized carbons (Fsp3) is 0.813. The molecule has 1 aliphatic heterocycles. The lowest BCUT2D eigenvalue weighted by atomic mass is 9.63. The van der Waals surface area contributed by atoms with Gasteiger partial charge in [0.1, 0.15) is 11.4 Å². The molecule has 0 saturated carbocycles. The Morgan fingerprint density at radius 3 is 0.988 bits per heavy atom. The van der Waals surface area contributed by atoms with E-state index in [1.54, 1.807) is 11.3 Å². The van der Waals surface area contributed by atoms with E-state index in [4.69, 9.17) is 4.74 Å². The Morgan fingerprint density at radius 2 is 0.634 bits per heavy atom. The summed E-state index contributed by atoms with van der Waals surface area (Å²) in [6.07, 6.45) is 59.6. The van der Waals surface area contributed by atoms with Crippen molar-refractivity contribution in [2.24, 2.45) is 0 Å². The monoisotopic (exact) mass is 1210 g/mol. The Hall–Kier alpha value is -1.28. The molecule has 5 heterocycles. The van der Waals surface area contributed by atoms with Crippen molar-refractivity contribution in [2.75, 3.05) is 0 Å². The third kappa shape index (κ3) is 19.9. The van der Waals surface area contributed by atoms with Crippen LogP contribution in [0.1, 0.15) is 402 Å². The average molecular weight is 1210 g/mol. The molecule has 0 atom stereocenters. The average Bonchev–Trinajstić information content (AvgIpc) is 2.30. The Bertz CT molecular complexity index is 2250. The number of alkyl halides is 2. The van der Waals surface area contributed by atoms with Crippen LogP contribution in [0.5, 0.6) is 5.75 Å². The topological polar surface area (TPSA) is 9.23 Å². The lowest BCUT2D eigenvalue weighted by Crippen LogP contribution is -2.45. The molecule has 1 nitrogen and oxygen atoms in total. The number of thiophene rings is 4. The van der Waals surface area contributed by atoms with Crippen LogP contribution >= 0.6 is 45.3 Å². The first-order chi connectivity index (χ1) is 40.0.